The Morgan fingerprint density at radius 1 is 1.50 bits per heavy atom. The molecular weight excluding hydrogens is 252 g/mol. The number of benzene rings is 1. The number of aromatic nitrogens is 2. The molecule has 2 aromatic rings. The Kier molecular flexibility index (Phi) is 3.18. The van der Waals surface area contributed by atoms with Crippen molar-refractivity contribution in [2.24, 2.45) is 5.92 Å². The van der Waals surface area contributed by atoms with Gasteiger partial charge in [-0.3, -0.25) is 4.79 Å². The number of hydrogen-bond acceptors (Lipinski definition) is 3. The van der Waals surface area contributed by atoms with Crippen molar-refractivity contribution >= 4 is 17.3 Å². The van der Waals surface area contributed by atoms with Gasteiger partial charge in [0.15, 0.2) is 0 Å². The second-order valence-electron chi connectivity index (χ2n) is 5.35. The molecule has 1 aliphatic rings. The average molecular weight is 270 g/mol. The molecule has 104 valence electrons. The van der Waals surface area contributed by atoms with Gasteiger partial charge in [0.1, 0.15) is 0 Å². The van der Waals surface area contributed by atoms with E-state index < -0.39 is 0 Å². The molecule has 0 saturated carbocycles. The van der Waals surface area contributed by atoms with Gasteiger partial charge in [0, 0.05) is 30.8 Å². The summed E-state index contributed by atoms with van der Waals surface area (Å²) in [4.78, 5) is 16.5. The molecule has 1 atom stereocenters. The summed E-state index contributed by atoms with van der Waals surface area (Å²) in [7, 11) is 0. The van der Waals surface area contributed by atoms with Gasteiger partial charge in [-0.15, -0.1) is 0 Å². The molecule has 0 radical (unpaired) electrons. The van der Waals surface area contributed by atoms with Crippen LogP contribution in [0.15, 0.2) is 30.7 Å². The van der Waals surface area contributed by atoms with Gasteiger partial charge in [-0.05, 0) is 31.0 Å². The molecular formula is C15H18N4O. The number of aryl methyl sites for hydroxylation is 2. The van der Waals surface area contributed by atoms with Crippen molar-refractivity contribution in [2.45, 2.75) is 26.3 Å². The quantitative estimate of drug-likeness (QED) is 0.819. The zero-order valence-electron chi connectivity index (χ0n) is 11.5. The molecule has 1 amide bonds. The second kappa shape index (κ2) is 5.00. The van der Waals surface area contributed by atoms with Gasteiger partial charge >= 0.3 is 0 Å². The number of amides is 1. The SMILES string of the molecule is Cc1ccc(N)c(NC(=O)C2CCn3cncc3C2)c1. The summed E-state index contributed by atoms with van der Waals surface area (Å²) < 4.78 is 2.10. The first-order chi connectivity index (χ1) is 9.63. The van der Waals surface area contributed by atoms with Crippen molar-refractivity contribution in [2.75, 3.05) is 11.1 Å². The lowest BCUT2D eigenvalue weighted by Gasteiger charge is -2.23. The molecule has 0 fully saturated rings. The van der Waals surface area contributed by atoms with Gasteiger partial charge in [-0.1, -0.05) is 6.07 Å². The van der Waals surface area contributed by atoms with E-state index in [-0.39, 0.29) is 11.8 Å². The number of carbonyl (C=O) groups is 1. The van der Waals surface area contributed by atoms with Crippen LogP contribution in [0.4, 0.5) is 11.4 Å². The van der Waals surface area contributed by atoms with Gasteiger partial charge in [-0.25, -0.2) is 4.98 Å². The molecule has 0 bridgehead atoms. The highest BCUT2D eigenvalue weighted by Crippen LogP contribution is 2.24. The summed E-state index contributed by atoms with van der Waals surface area (Å²) in [6.07, 6.45) is 5.22. The van der Waals surface area contributed by atoms with Crippen LogP contribution in [0.5, 0.6) is 0 Å². The van der Waals surface area contributed by atoms with Crippen molar-refractivity contribution in [3.05, 3.63) is 42.0 Å². The summed E-state index contributed by atoms with van der Waals surface area (Å²) >= 11 is 0. The maximum Gasteiger partial charge on any atom is 0.228 e. The van der Waals surface area contributed by atoms with Crippen LogP contribution in [0.25, 0.3) is 0 Å². The van der Waals surface area contributed by atoms with Crippen LogP contribution < -0.4 is 11.1 Å². The van der Waals surface area contributed by atoms with Crippen molar-refractivity contribution < 1.29 is 4.79 Å². The van der Waals surface area contributed by atoms with Crippen molar-refractivity contribution in [3.8, 4) is 0 Å². The standard InChI is InChI=1S/C15H18N4O/c1-10-2-3-13(16)14(6-10)18-15(20)11-4-5-19-9-17-8-12(19)7-11/h2-3,6,8-9,11H,4-5,7,16H2,1H3,(H,18,20). The molecule has 0 saturated heterocycles. The molecule has 2 heterocycles. The number of nitrogens with one attached hydrogen (secondary N) is 1. The summed E-state index contributed by atoms with van der Waals surface area (Å²) in [5.74, 6) is 0.0221. The summed E-state index contributed by atoms with van der Waals surface area (Å²) in [5.41, 5.74) is 9.40. The third-order valence-electron chi connectivity index (χ3n) is 3.81. The lowest BCUT2D eigenvalue weighted by Crippen LogP contribution is -2.30. The van der Waals surface area contributed by atoms with E-state index in [0.29, 0.717) is 11.4 Å². The highest BCUT2D eigenvalue weighted by atomic mass is 16.1. The van der Waals surface area contributed by atoms with E-state index in [4.69, 9.17) is 5.73 Å². The van der Waals surface area contributed by atoms with Crippen LogP contribution in [-0.4, -0.2) is 15.5 Å². The van der Waals surface area contributed by atoms with E-state index in [9.17, 15) is 4.79 Å². The van der Waals surface area contributed by atoms with Crippen LogP contribution in [-0.2, 0) is 17.8 Å². The van der Waals surface area contributed by atoms with Gasteiger partial charge in [0.05, 0.1) is 17.7 Å². The minimum Gasteiger partial charge on any atom is -0.397 e. The number of fused-ring (bicyclic) bond motifs is 1. The van der Waals surface area contributed by atoms with Crippen LogP contribution >= 0.6 is 0 Å². The maximum absolute atomic E-state index is 12.4. The monoisotopic (exact) mass is 270 g/mol. The second-order valence-corrected chi connectivity index (χ2v) is 5.35. The highest BCUT2D eigenvalue weighted by Gasteiger charge is 2.25. The number of carbonyl (C=O) groups excluding carboxylic acids is 1. The molecule has 0 spiro atoms. The molecule has 5 nitrogen and oxygen atoms in total. The van der Waals surface area contributed by atoms with Crippen LogP contribution in [0.1, 0.15) is 17.7 Å². The number of nitrogens with two attached hydrogens (primary N) is 1. The number of imidazole rings is 1. The Morgan fingerprint density at radius 3 is 3.20 bits per heavy atom. The molecule has 20 heavy (non-hydrogen) atoms. The fourth-order valence-corrected chi connectivity index (χ4v) is 2.61. The smallest absolute Gasteiger partial charge is 0.228 e. The molecule has 1 aliphatic heterocycles. The Labute approximate surface area is 117 Å². The van der Waals surface area contributed by atoms with Gasteiger partial charge < -0.3 is 15.6 Å². The predicted molar refractivity (Wildman–Crippen MR) is 78.3 cm³/mol. The lowest BCUT2D eigenvalue weighted by atomic mass is 9.95. The zero-order valence-corrected chi connectivity index (χ0v) is 11.5. The topological polar surface area (TPSA) is 72.9 Å². The van der Waals surface area contributed by atoms with Crippen LogP contribution in [0, 0.1) is 12.8 Å². The average Bonchev–Trinajstić information content (AvgIpc) is 2.90. The number of nitrogen functional groups attached to an aromatic ring is 1. The van der Waals surface area contributed by atoms with E-state index in [1.165, 1.54) is 0 Å². The van der Waals surface area contributed by atoms with Crippen molar-refractivity contribution in [3.63, 3.8) is 0 Å². The molecule has 0 aliphatic carbocycles. The van der Waals surface area contributed by atoms with E-state index in [2.05, 4.69) is 14.9 Å². The highest BCUT2D eigenvalue weighted by molar-refractivity contribution is 5.95. The fourth-order valence-electron chi connectivity index (χ4n) is 2.61. The molecule has 1 aromatic heterocycles. The molecule has 1 unspecified atom stereocenters. The fraction of sp³-hybridized carbons (Fsp3) is 0.333. The van der Waals surface area contributed by atoms with Crippen molar-refractivity contribution in [1.82, 2.24) is 9.55 Å². The van der Waals surface area contributed by atoms with Crippen LogP contribution in [0.2, 0.25) is 0 Å². The Morgan fingerprint density at radius 2 is 2.35 bits per heavy atom. The minimum atomic E-state index is -0.0147. The van der Waals surface area contributed by atoms with Gasteiger partial charge in [0.2, 0.25) is 5.91 Å². The lowest BCUT2D eigenvalue weighted by molar-refractivity contribution is -0.120. The molecule has 3 N–H and O–H groups in total. The maximum atomic E-state index is 12.4. The van der Waals surface area contributed by atoms with Gasteiger partial charge in [0.25, 0.3) is 0 Å². The number of rotatable bonds is 2. The number of anilines is 2. The van der Waals surface area contributed by atoms with E-state index in [0.717, 1.165) is 30.6 Å². The summed E-state index contributed by atoms with van der Waals surface area (Å²) in [6, 6.07) is 5.66. The molecule has 3 rings (SSSR count). The first kappa shape index (κ1) is 12.7. The number of hydrogen-bond donors (Lipinski definition) is 2. The summed E-state index contributed by atoms with van der Waals surface area (Å²) in [5, 5.41) is 2.95. The Bertz CT molecular complexity index is 647. The Hall–Kier alpha value is -2.30. The number of nitrogens with zero attached hydrogens (tertiary/aromatic N) is 2. The van der Waals surface area contributed by atoms with Crippen LogP contribution in [0.3, 0.4) is 0 Å². The third-order valence-corrected chi connectivity index (χ3v) is 3.81. The van der Waals surface area contributed by atoms with Gasteiger partial charge in [-0.2, -0.15) is 0 Å². The van der Waals surface area contributed by atoms with E-state index >= 15 is 0 Å². The normalized spacial score (nSPS) is 17.6. The summed E-state index contributed by atoms with van der Waals surface area (Å²) in [6.45, 7) is 2.82. The Balaban J connectivity index is 1.73. The third kappa shape index (κ3) is 2.39. The zero-order chi connectivity index (χ0) is 14.1. The first-order valence-electron chi connectivity index (χ1n) is 6.79. The molecule has 5 heteroatoms. The van der Waals surface area contributed by atoms with Crippen molar-refractivity contribution in [1.29, 1.82) is 0 Å². The van der Waals surface area contributed by atoms with E-state index in [1.807, 2.05) is 37.6 Å². The minimum absolute atomic E-state index is 0.0147. The van der Waals surface area contributed by atoms with E-state index in [1.54, 1.807) is 0 Å². The predicted octanol–water partition coefficient (Wildman–Crippen LogP) is 1.97. The molecule has 1 aromatic carbocycles. The first-order valence-corrected chi connectivity index (χ1v) is 6.79. The largest absolute Gasteiger partial charge is 0.397 e.